The van der Waals surface area contributed by atoms with Gasteiger partial charge in [-0.3, -0.25) is 9.97 Å². The van der Waals surface area contributed by atoms with Crippen molar-refractivity contribution >= 4 is 85.1 Å². The number of aromatic nitrogens is 4. The predicted molar refractivity (Wildman–Crippen MR) is 273 cm³/mol. The molecular formula is C50H48N10O7S2. The number of carbonyl (C=O) groups is 3. The third kappa shape index (κ3) is 13.1. The van der Waals surface area contributed by atoms with Crippen molar-refractivity contribution in [2.24, 2.45) is 0 Å². The number of urea groups is 2. The van der Waals surface area contributed by atoms with Gasteiger partial charge in [0.1, 0.15) is 0 Å². The van der Waals surface area contributed by atoms with Gasteiger partial charge < -0.3 is 50.8 Å². The van der Waals surface area contributed by atoms with Crippen molar-refractivity contribution in [2.45, 2.75) is 20.8 Å². The number of nitrogens with zero attached hydrogens (tertiary/aromatic N) is 4. The summed E-state index contributed by atoms with van der Waals surface area (Å²) in [7, 11) is 4.56. The summed E-state index contributed by atoms with van der Waals surface area (Å²) in [6.45, 7) is 6.02. The summed E-state index contributed by atoms with van der Waals surface area (Å²) in [5, 5.41) is 23.3. The van der Waals surface area contributed by atoms with Crippen LogP contribution < -0.4 is 46.1 Å². The second-order valence-corrected chi connectivity index (χ2v) is 16.5. The van der Waals surface area contributed by atoms with Gasteiger partial charge in [0.15, 0.2) is 21.8 Å². The normalized spacial score (nSPS) is 10.4. The van der Waals surface area contributed by atoms with Crippen LogP contribution in [0.4, 0.5) is 54.0 Å². The molecule has 6 N–H and O–H groups in total. The van der Waals surface area contributed by atoms with E-state index in [0.29, 0.717) is 52.2 Å². The van der Waals surface area contributed by atoms with Gasteiger partial charge in [0.2, 0.25) is 5.75 Å². The number of hydrogen-bond donors (Lipinski definition) is 6. The van der Waals surface area contributed by atoms with Crippen LogP contribution >= 0.6 is 22.7 Å². The summed E-state index contributed by atoms with van der Waals surface area (Å²) in [5.74, 6) is 0.936. The summed E-state index contributed by atoms with van der Waals surface area (Å²) in [6.07, 6.45) is 7.01. The molecule has 17 nitrogen and oxygen atoms in total. The van der Waals surface area contributed by atoms with Crippen molar-refractivity contribution in [2.75, 3.05) is 59.8 Å². The summed E-state index contributed by atoms with van der Waals surface area (Å²) in [5.41, 5.74) is 10.0. The molecule has 8 rings (SSSR count). The van der Waals surface area contributed by atoms with Crippen molar-refractivity contribution in [3.63, 3.8) is 0 Å². The van der Waals surface area contributed by atoms with E-state index in [4.69, 9.17) is 18.9 Å². The number of thiazole rings is 2. The smallest absolute Gasteiger partial charge is 0.338 e. The highest BCUT2D eigenvalue weighted by atomic mass is 32.1. The molecule has 69 heavy (non-hydrogen) atoms. The molecule has 19 heteroatoms. The van der Waals surface area contributed by atoms with Crippen molar-refractivity contribution in [3.8, 4) is 39.8 Å². The Kier molecular flexibility index (Phi) is 16.3. The largest absolute Gasteiger partial charge is 0.493 e. The average Bonchev–Trinajstić information content (AvgIpc) is 4.04. The lowest BCUT2D eigenvalue weighted by molar-refractivity contribution is 0.0526. The third-order valence-electron chi connectivity index (χ3n) is 9.97. The zero-order chi connectivity index (χ0) is 48.7. The molecule has 0 aliphatic rings. The van der Waals surface area contributed by atoms with Gasteiger partial charge in [-0.2, -0.15) is 0 Å². The molecule has 0 saturated heterocycles. The quantitative estimate of drug-likeness (QED) is 0.0529. The Morgan fingerprint density at radius 3 is 1.46 bits per heavy atom. The van der Waals surface area contributed by atoms with Crippen LogP contribution in [0, 0.1) is 13.8 Å². The van der Waals surface area contributed by atoms with E-state index in [1.807, 2.05) is 85.3 Å². The van der Waals surface area contributed by atoms with Crippen molar-refractivity contribution in [3.05, 3.63) is 149 Å². The first-order chi connectivity index (χ1) is 33.5. The van der Waals surface area contributed by atoms with Gasteiger partial charge in [-0.15, -0.1) is 22.7 Å². The zero-order valence-corrected chi connectivity index (χ0v) is 40.0. The molecule has 0 atom stereocenters. The van der Waals surface area contributed by atoms with E-state index in [0.717, 1.165) is 55.3 Å². The Hall–Kier alpha value is -8.55. The molecule has 0 aliphatic heterocycles. The standard InChI is InChI=1S/C25H25N5O4S.C25H23N5O3S/c1-15-7-8-17(10-19(15)29-25-30-20(14-35-25)16-6-5-9-26-13-16)27-24(31)28-18-11-21(32-2)23(34-4)22(12-18)33-3;1-3-33-23(31)17-7-10-19(11-8-17)27-24(32)28-20-9-6-16(2)21(13-20)29-25-30-22(15-34-25)18-5-4-12-26-14-18/h5-14H,1-4H3,(H,29,30)(H2,27,28,31);4-15H,3H2,1-2H3,(H,29,30)(H2,27,28,32). The first kappa shape index (κ1) is 48.4. The van der Waals surface area contributed by atoms with Crippen LogP contribution in [0.2, 0.25) is 0 Å². The van der Waals surface area contributed by atoms with E-state index in [1.54, 1.807) is 68.1 Å². The Morgan fingerprint density at radius 2 is 1.03 bits per heavy atom. The van der Waals surface area contributed by atoms with Crippen LogP contribution in [-0.4, -0.2) is 65.9 Å². The number of hydrogen-bond acceptors (Lipinski definition) is 15. The molecule has 0 saturated carbocycles. The number of ether oxygens (including phenoxy) is 4. The molecule has 4 aromatic heterocycles. The maximum absolute atomic E-state index is 12.7. The predicted octanol–water partition coefficient (Wildman–Crippen LogP) is 12.0. The van der Waals surface area contributed by atoms with E-state index in [-0.39, 0.29) is 0 Å². The zero-order valence-electron chi connectivity index (χ0n) is 38.4. The average molecular weight is 965 g/mol. The van der Waals surface area contributed by atoms with E-state index in [2.05, 4.69) is 51.8 Å². The maximum atomic E-state index is 12.7. The lowest BCUT2D eigenvalue weighted by Crippen LogP contribution is -2.19. The summed E-state index contributed by atoms with van der Waals surface area (Å²) >= 11 is 2.99. The first-order valence-corrected chi connectivity index (χ1v) is 23.0. The molecule has 0 unspecified atom stereocenters. The highest BCUT2D eigenvalue weighted by molar-refractivity contribution is 7.14. The Balaban J connectivity index is 0.000000204. The summed E-state index contributed by atoms with van der Waals surface area (Å²) < 4.78 is 21.0. The second-order valence-electron chi connectivity index (χ2n) is 14.7. The molecule has 4 amide bonds. The molecule has 0 radical (unpaired) electrons. The van der Waals surface area contributed by atoms with Gasteiger partial charge in [0.25, 0.3) is 0 Å². The Morgan fingerprint density at radius 1 is 0.565 bits per heavy atom. The maximum Gasteiger partial charge on any atom is 0.338 e. The first-order valence-electron chi connectivity index (χ1n) is 21.2. The van der Waals surface area contributed by atoms with Crippen LogP contribution in [-0.2, 0) is 4.74 Å². The highest BCUT2D eigenvalue weighted by Crippen LogP contribution is 2.40. The molecule has 0 fully saturated rings. The number of rotatable bonds is 15. The monoisotopic (exact) mass is 964 g/mol. The van der Waals surface area contributed by atoms with E-state index in [1.165, 1.54) is 44.0 Å². The Labute approximate surface area is 406 Å². The van der Waals surface area contributed by atoms with Crippen molar-refractivity contribution < 1.29 is 33.3 Å². The number of methoxy groups -OCH3 is 3. The fourth-order valence-electron chi connectivity index (χ4n) is 6.50. The molecule has 8 aromatic rings. The van der Waals surface area contributed by atoms with Gasteiger partial charge in [0, 0.05) is 87.2 Å². The van der Waals surface area contributed by atoms with Crippen LogP contribution in [0.1, 0.15) is 28.4 Å². The van der Waals surface area contributed by atoms with Crippen molar-refractivity contribution in [1.29, 1.82) is 0 Å². The lowest BCUT2D eigenvalue weighted by atomic mass is 10.2. The fourth-order valence-corrected chi connectivity index (χ4v) is 7.96. The number of pyridine rings is 2. The van der Waals surface area contributed by atoms with E-state index in [9.17, 15) is 14.4 Å². The van der Waals surface area contributed by atoms with E-state index >= 15 is 0 Å². The number of aryl methyl sites for hydroxylation is 2. The van der Waals surface area contributed by atoms with Gasteiger partial charge in [-0.05, 0) is 105 Å². The SMILES string of the molecule is CCOC(=O)c1ccc(NC(=O)Nc2ccc(C)c(Nc3nc(-c4cccnc4)cs3)c2)cc1.COc1cc(NC(=O)Nc2ccc(C)c(Nc3nc(-c4cccnc4)cs3)c2)cc(OC)c1OC. The minimum absolute atomic E-state index is 0.308. The summed E-state index contributed by atoms with van der Waals surface area (Å²) in [4.78, 5) is 54.4. The molecule has 352 valence electrons. The molecule has 0 bridgehead atoms. The summed E-state index contributed by atoms with van der Waals surface area (Å²) in [6, 6.07) is 27.9. The number of benzene rings is 4. The number of esters is 1. The molecule has 0 aliphatic carbocycles. The van der Waals surface area contributed by atoms with Crippen molar-refractivity contribution in [1.82, 2.24) is 19.9 Å². The number of anilines is 8. The topological polar surface area (TPSA) is 212 Å². The third-order valence-corrected chi connectivity index (χ3v) is 11.5. The van der Waals surface area contributed by atoms with E-state index < -0.39 is 18.0 Å². The van der Waals surface area contributed by atoms with Crippen LogP contribution in [0.25, 0.3) is 22.5 Å². The number of nitrogens with one attached hydrogen (secondary N) is 6. The molecule has 4 aromatic carbocycles. The fraction of sp³-hybridized carbons (Fsp3) is 0.140. The molecule has 4 heterocycles. The number of carbonyl (C=O) groups excluding carboxylic acids is 3. The van der Waals surface area contributed by atoms with Crippen LogP contribution in [0.15, 0.2) is 133 Å². The lowest BCUT2D eigenvalue weighted by Gasteiger charge is -2.15. The van der Waals surface area contributed by atoms with Gasteiger partial charge in [0.05, 0.1) is 50.6 Å². The van der Waals surface area contributed by atoms with Crippen LogP contribution in [0.5, 0.6) is 17.2 Å². The minimum Gasteiger partial charge on any atom is -0.493 e. The molecular weight excluding hydrogens is 917 g/mol. The van der Waals surface area contributed by atoms with Gasteiger partial charge in [-0.25, -0.2) is 24.4 Å². The highest BCUT2D eigenvalue weighted by Gasteiger charge is 2.16. The minimum atomic E-state index is -0.415. The second kappa shape index (κ2) is 23.3. The van der Waals surface area contributed by atoms with Gasteiger partial charge in [-0.1, -0.05) is 12.1 Å². The van der Waals surface area contributed by atoms with Gasteiger partial charge >= 0.3 is 18.0 Å². The Bertz CT molecular complexity index is 3000. The number of amides is 4. The van der Waals surface area contributed by atoms with Crippen LogP contribution in [0.3, 0.4) is 0 Å². The molecule has 0 spiro atoms.